The predicted molar refractivity (Wildman–Crippen MR) is 72.9 cm³/mol. The summed E-state index contributed by atoms with van der Waals surface area (Å²) in [5.41, 5.74) is 4.98. The molecule has 3 heteroatoms. The Balaban J connectivity index is 2.17. The van der Waals surface area contributed by atoms with Gasteiger partial charge in [0.15, 0.2) is 0 Å². The SMILES string of the molecule is Cc1ccc2c(c1)C(c1ccccc1)=NC(O)N2. The van der Waals surface area contributed by atoms with Crippen molar-refractivity contribution in [3.05, 3.63) is 65.2 Å². The molecule has 3 rings (SSSR count). The van der Waals surface area contributed by atoms with Gasteiger partial charge in [-0.25, -0.2) is 4.99 Å². The topological polar surface area (TPSA) is 44.6 Å². The first-order valence-electron chi connectivity index (χ1n) is 5.93. The van der Waals surface area contributed by atoms with Crippen molar-refractivity contribution >= 4 is 11.4 Å². The van der Waals surface area contributed by atoms with E-state index >= 15 is 0 Å². The molecule has 1 unspecified atom stereocenters. The summed E-state index contributed by atoms with van der Waals surface area (Å²) in [7, 11) is 0. The van der Waals surface area contributed by atoms with Gasteiger partial charge in [0.1, 0.15) is 0 Å². The largest absolute Gasteiger partial charge is 0.355 e. The van der Waals surface area contributed by atoms with Crippen molar-refractivity contribution in [1.82, 2.24) is 0 Å². The Morgan fingerprint density at radius 1 is 1.11 bits per heavy atom. The monoisotopic (exact) mass is 238 g/mol. The van der Waals surface area contributed by atoms with Crippen LogP contribution in [0.2, 0.25) is 0 Å². The number of nitrogens with one attached hydrogen (secondary N) is 1. The van der Waals surface area contributed by atoms with Gasteiger partial charge < -0.3 is 10.4 Å². The first-order valence-corrected chi connectivity index (χ1v) is 5.93. The Morgan fingerprint density at radius 2 is 1.89 bits per heavy atom. The fraction of sp³-hybridized carbons (Fsp3) is 0.133. The predicted octanol–water partition coefficient (Wildman–Crippen LogP) is 2.53. The van der Waals surface area contributed by atoms with Crippen molar-refractivity contribution in [2.24, 2.45) is 4.99 Å². The molecule has 1 aliphatic heterocycles. The minimum absolute atomic E-state index is 0.834. The number of hydrogen-bond donors (Lipinski definition) is 2. The summed E-state index contributed by atoms with van der Waals surface area (Å²) < 4.78 is 0. The molecule has 0 spiro atoms. The van der Waals surface area contributed by atoms with E-state index in [-0.39, 0.29) is 0 Å². The Labute approximate surface area is 106 Å². The van der Waals surface area contributed by atoms with E-state index in [0.29, 0.717) is 0 Å². The highest BCUT2D eigenvalue weighted by atomic mass is 16.3. The number of aryl methyl sites for hydroxylation is 1. The van der Waals surface area contributed by atoms with Gasteiger partial charge in [0.25, 0.3) is 0 Å². The zero-order chi connectivity index (χ0) is 12.5. The Bertz CT molecular complexity index is 605. The van der Waals surface area contributed by atoms with Gasteiger partial charge in [0, 0.05) is 16.8 Å². The minimum atomic E-state index is -0.879. The van der Waals surface area contributed by atoms with Crippen LogP contribution in [0.3, 0.4) is 0 Å². The van der Waals surface area contributed by atoms with E-state index in [9.17, 15) is 5.11 Å². The summed E-state index contributed by atoms with van der Waals surface area (Å²) in [4.78, 5) is 4.30. The highest BCUT2D eigenvalue weighted by molar-refractivity contribution is 6.16. The van der Waals surface area contributed by atoms with Crippen LogP contribution in [0.5, 0.6) is 0 Å². The summed E-state index contributed by atoms with van der Waals surface area (Å²) in [6, 6.07) is 16.0. The fourth-order valence-corrected chi connectivity index (χ4v) is 2.17. The van der Waals surface area contributed by atoms with Crippen LogP contribution in [0.4, 0.5) is 5.69 Å². The summed E-state index contributed by atoms with van der Waals surface area (Å²) >= 11 is 0. The van der Waals surface area contributed by atoms with E-state index in [0.717, 1.165) is 22.5 Å². The minimum Gasteiger partial charge on any atom is -0.355 e. The summed E-state index contributed by atoms with van der Waals surface area (Å²) in [5.74, 6) is 0. The standard InChI is InChI=1S/C15H14N2O/c1-10-7-8-13-12(9-10)14(17-15(18)16-13)11-5-3-2-4-6-11/h2-9,15-16,18H,1H3. The maximum Gasteiger partial charge on any atom is 0.223 e. The van der Waals surface area contributed by atoms with Gasteiger partial charge in [-0.15, -0.1) is 0 Å². The second kappa shape index (κ2) is 4.27. The molecule has 2 aromatic carbocycles. The second-order valence-corrected chi connectivity index (χ2v) is 4.41. The number of aliphatic hydroxyl groups excluding tert-OH is 1. The van der Waals surface area contributed by atoms with E-state index in [2.05, 4.69) is 16.4 Å². The highest BCUT2D eigenvalue weighted by Gasteiger charge is 2.19. The molecule has 1 aliphatic rings. The van der Waals surface area contributed by atoms with E-state index in [4.69, 9.17) is 0 Å². The number of aliphatic imine (C=N–C) groups is 1. The molecule has 0 aliphatic carbocycles. The number of anilines is 1. The van der Waals surface area contributed by atoms with Crippen LogP contribution in [0, 0.1) is 6.92 Å². The quantitative estimate of drug-likeness (QED) is 0.802. The molecule has 0 bridgehead atoms. The summed E-state index contributed by atoms with van der Waals surface area (Å²) in [6.45, 7) is 2.05. The molecule has 2 aromatic rings. The molecule has 18 heavy (non-hydrogen) atoms. The van der Waals surface area contributed by atoms with Gasteiger partial charge in [-0.05, 0) is 19.1 Å². The van der Waals surface area contributed by atoms with Gasteiger partial charge in [-0.1, -0.05) is 42.0 Å². The molecule has 0 fully saturated rings. The smallest absolute Gasteiger partial charge is 0.223 e. The van der Waals surface area contributed by atoms with Crippen LogP contribution in [-0.2, 0) is 0 Å². The number of fused-ring (bicyclic) bond motifs is 1. The molecule has 0 saturated carbocycles. The molecule has 2 N–H and O–H groups in total. The molecular formula is C15H14N2O. The molecular weight excluding hydrogens is 224 g/mol. The zero-order valence-corrected chi connectivity index (χ0v) is 10.1. The van der Waals surface area contributed by atoms with Crippen LogP contribution in [0.25, 0.3) is 0 Å². The van der Waals surface area contributed by atoms with Gasteiger partial charge in [-0.2, -0.15) is 0 Å². The van der Waals surface area contributed by atoms with Crippen LogP contribution in [0.1, 0.15) is 16.7 Å². The van der Waals surface area contributed by atoms with Gasteiger partial charge in [0.05, 0.1) is 5.71 Å². The Hall–Kier alpha value is -2.13. The average molecular weight is 238 g/mol. The van der Waals surface area contributed by atoms with Crippen molar-refractivity contribution in [3.8, 4) is 0 Å². The van der Waals surface area contributed by atoms with Crippen molar-refractivity contribution in [3.63, 3.8) is 0 Å². The van der Waals surface area contributed by atoms with Crippen molar-refractivity contribution in [2.75, 3.05) is 5.32 Å². The number of benzene rings is 2. The lowest BCUT2D eigenvalue weighted by molar-refractivity contribution is 0.213. The number of nitrogens with zero attached hydrogens (tertiary/aromatic N) is 1. The van der Waals surface area contributed by atoms with Gasteiger partial charge in [0.2, 0.25) is 6.35 Å². The first kappa shape index (κ1) is 11.0. The van der Waals surface area contributed by atoms with E-state index in [1.165, 1.54) is 5.56 Å². The van der Waals surface area contributed by atoms with Crippen LogP contribution >= 0.6 is 0 Å². The normalized spacial score (nSPS) is 17.7. The first-order chi connectivity index (χ1) is 8.74. The van der Waals surface area contributed by atoms with Gasteiger partial charge >= 0.3 is 0 Å². The van der Waals surface area contributed by atoms with E-state index in [1.54, 1.807) is 0 Å². The molecule has 1 atom stereocenters. The van der Waals surface area contributed by atoms with Crippen molar-refractivity contribution < 1.29 is 5.11 Å². The van der Waals surface area contributed by atoms with Crippen LogP contribution in [0.15, 0.2) is 53.5 Å². The molecule has 0 radical (unpaired) electrons. The third-order valence-corrected chi connectivity index (χ3v) is 3.01. The molecule has 1 heterocycles. The number of rotatable bonds is 1. The number of hydrogen-bond acceptors (Lipinski definition) is 3. The second-order valence-electron chi connectivity index (χ2n) is 4.41. The zero-order valence-electron chi connectivity index (χ0n) is 10.1. The molecule has 3 nitrogen and oxygen atoms in total. The summed E-state index contributed by atoms with van der Waals surface area (Å²) in [6.07, 6.45) is -0.879. The Kier molecular flexibility index (Phi) is 2.61. The molecule has 0 amide bonds. The maximum atomic E-state index is 9.76. The lowest BCUT2D eigenvalue weighted by Crippen LogP contribution is -2.25. The highest BCUT2D eigenvalue weighted by Crippen LogP contribution is 2.26. The third kappa shape index (κ3) is 1.89. The average Bonchev–Trinajstić information content (AvgIpc) is 2.39. The van der Waals surface area contributed by atoms with Crippen molar-refractivity contribution in [1.29, 1.82) is 0 Å². The summed E-state index contributed by atoms with van der Waals surface area (Å²) in [5, 5.41) is 12.7. The lowest BCUT2D eigenvalue weighted by Gasteiger charge is -2.22. The van der Waals surface area contributed by atoms with Crippen LogP contribution < -0.4 is 5.32 Å². The molecule has 0 saturated heterocycles. The maximum absolute atomic E-state index is 9.76. The third-order valence-electron chi connectivity index (χ3n) is 3.01. The van der Waals surface area contributed by atoms with Gasteiger partial charge in [-0.3, -0.25) is 0 Å². The van der Waals surface area contributed by atoms with E-state index < -0.39 is 6.35 Å². The fourth-order valence-electron chi connectivity index (χ4n) is 2.17. The Morgan fingerprint density at radius 3 is 2.67 bits per heavy atom. The van der Waals surface area contributed by atoms with Crippen LogP contribution in [-0.4, -0.2) is 17.2 Å². The molecule has 90 valence electrons. The number of aliphatic hydroxyl groups is 1. The lowest BCUT2D eigenvalue weighted by atomic mass is 9.98. The molecule has 0 aromatic heterocycles. The van der Waals surface area contributed by atoms with E-state index in [1.807, 2.05) is 49.4 Å². The van der Waals surface area contributed by atoms with Crippen molar-refractivity contribution in [2.45, 2.75) is 13.3 Å².